The number of anilines is 1. The Labute approximate surface area is 170 Å². The lowest BCUT2D eigenvalue weighted by molar-refractivity contribution is -0.137. The van der Waals surface area contributed by atoms with Gasteiger partial charge in [0.2, 0.25) is 0 Å². The molecule has 1 fully saturated rings. The molecule has 1 aliphatic rings. The Morgan fingerprint density at radius 3 is 2.62 bits per heavy atom. The molecule has 0 atom stereocenters. The summed E-state index contributed by atoms with van der Waals surface area (Å²) in [6.07, 6.45) is -0.933. The lowest BCUT2D eigenvalue weighted by Crippen LogP contribution is -2.37. The van der Waals surface area contributed by atoms with Gasteiger partial charge >= 0.3 is 6.18 Å². The van der Waals surface area contributed by atoms with Crippen LogP contribution in [0.1, 0.15) is 45.7 Å². The number of alkyl halides is 3. The molecule has 0 aliphatic carbocycles. The van der Waals surface area contributed by atoms with Gasteiger partial charge in [0, 0.05) is 24.0 Å². The molecule has 1 aliphatic heterocycles. The summed E-state index contributed by atoms with van der Waals surface area (Å²) in [7, 11) is 0. The third-order valence-electron chi connectivity index (χ3n) is 4.57. The lowest BCUT2D eigenvalue weighted by Gasteiger charge is -2.26. The first kappa shape index (κ1) is 21.3. The highest BCUT2D eigenvalue weighted by molar-refractivity contribution is 7.14. The molecule has 0 unspecified atom stereocenters. The lowest BCUT2D eigenvalue weighted by atomic mass is 10.1. The van der Waals surface area contributed by atoms with E-state index in [0.717, 1.165) is 43.1 Å². The fourth-order valence-electron chi connectivity index (χ4n) is 3.04. The Morgan fingerprint density at radius 2 is 1.90 bits per heavy atom. The zero-order valence-electron chi connectivity index (χ0n) is 15.6. The van der Waals surface area contributed by atoms with Gasteiger partial charge in [-0.05, 0) is 44.1 Å². The van der Waals surface area contributed by atoms with Crippen molar-refractivity contribution in [3.8, 4) is 0 Å². The summed E-state index contributed by atoms with van der Waals surface area (Å²) in [6.45, 7) is 3.36. The van der Waals surface area contributed by atoms with Gasteiger partial charge in [-0.25, -0.2) is 4.98 Å². The second-order valence-electron chi connectivity index (χ2n) is 6.73. The predicted molar refractivity (Wildman–Crippen MR) is 104 cm³/mol. The molecular weight excluding hydrogens is 405 g/mol. The first-order valence-corrected chi connectivity index (χ1v) is 10.2. The van der Waals surface area contributed by atoms with E-state index >= 15 is 0 Å². The Kier molecular flexibility index (Phi) is 6.86. The minimum atomic E-state index is -4.53. The van der Waals surface area contributed by atoms with Gasteiger partial charge in [-0.3, -0.25) is 14.9 Å². The zero-order chi connectivity index (χ0) is 20.9. The van der Waals surface area contributed by atoms with Crippen molar-refractivity contribution in [3.63, 3.8) is 0 Å². The monoisotopic (exact) mass is 426 g/mol. The van der Waals surface area contributed by atoms with Gasteiger partial charge in [0.15, 0.2) is 5.13 Å². The van der Waals surface area contributed by atoms with Gasteiger partial charge in [0.05, 0.1) is 5.56 Å². The summed E-state index contributed by atoms with van der Waals surface area (Å²) in [4.78, 5) is 30.7. The second kappa shape index (κ2) is 9.36. The van der Waals surface area contributed by atoms with Crippen molar-refractivity contribution >= 4 is 28.3 Å². The number of carbonyl (C=O) groups is 2. The fourth-order valence-corrected chi connectivity index (χ4v) is 3.73. The Morgan fingerprint density at radius 1 is 1.14 bits per heavy atom. The topological polar surface area (TPSA) is 74.3 Å². The third-order valence-corrected chi connectivity index (χ3v) is 5.33. The number of nitrogens with one attached hydrogen (secondary N) is 2. The Bertz CT molecular complexity index is 863. The van der Waals surface area contributed by atoms with Crippen molar-refractivity contribution in [2.75, 3.05) is 31.5 Å². The summed E-state index contributed by atoms with van der Waals surface area (Å²) in [5.41, 5.74) is -0.881. The molecule has 2 amide bonds. The van der Waals surface area contributed by atoms with Crippen LogP contribution in [-0.2, 0) is 6.18 Å². The summed E-state index contributed by atoms with van der Waals surface area (Å²) in [5, 5.41) is 6.87. The van der Waals surface area contributed by atoms with Crippen LogP contribution in [0.25, 0.3) is 0 Å². The van der Waals surface area contributed by atoms with E-state index in [1.54, 1.807) is 0 Å². The highest BCUT2D eigenvalue weighted by Gasteiger charge is 2.31. The van der Waals surface area contributed by atoms with Gasteiger partial charge in [-0.15, -0.1) is 11.3 Å². The minimum absolute atomic E-state index is 0.137. The summed E-state index contributed by atoms with van der Waals surface area (Å²) in [6, 6.07) is 4.12. The van der Waals surface area contributed by atoms with Crippen LogP contribution in [0.2, 0.25) is 0 Å². The largest absolute Gasteiger partial charge is 0.416 e. The number of rotatable bonds is 6. The highest BCUT2D eigenvalue weighted by atomic mass is 32.1. The Balaban J connectivity index is 1.53. The summed E-state index contributed by atoms with van der Waals surface area (Å²) >= 11 is 1.04. The van der Waals surface area contributed by atoms with Crippen LogP contribution in [0.3, 0.4) is 0 Å². The number of hydrogen-bond donors (Lipinski definition) is 2. The maximum atomic E-state index is 12.8. The predicted octanol–water partition coefficient (Wildman–Crippen LogP) is 3.63. The number of carbonyl (C=O) groups excluding carboxylic acids is 2. The third kappa shape index (κ3) is 6.01. The molecule has 0 radical (unpaired) electrons. The van der Waals surface area contributed by atoms with Crippen LogP contribution < -0.4 is 10.6 Å². The van der Waals surface area contributed by atoms with Gasteiger partial charge in [-0.2, -0.15) is 13.2 Å². The number of aromatic nitrogens is 1. The van der Waals surface area contributed by atoms with Crippen molar-refractivity contribution in [2.45, 2.75) is 25.4 Å². The minimum Gasteiger partial charge on any atom is -0.349 e. The smallest absolute Gasteiger partial charge is 0.349 e. The fraction of sp³-hybridized carbons (Fsp3) is 0.421. The first-order chi connectivity index (χ1) is 13.8. The summed E-state index contributed by atoms with van der Waals surface area (Å²) in [5.74, 6) is -1.07. The number of thiazole rings is 1. The zero-order valence-corrected chi connectivity index (χ0v) is 16.4. The number of benzene rings is 1. The second-order valence-corrected chi connectivity index (χ2v) is 7.59. The van der Waals surface area contributed by atoms with Crippen LogP contribution in [0.5, 0.6) is 0 Å². The van der Waals surface area contributed by atoms with E-state index in [1.165, 1.54) is 36.8 Å². The molecule has 1 saturated heterocycles. The van der Waals surface area contributed by atoms with Gasteiger partial charge in [0.1, 0.15) is 5.69 Å². The van der Waals surface area contributed by atoms with Crippen molar-refractivity contribution in [3.05, 3.63) is 46.5 Å². The molecule has 6 nitrogen and oxygen atoms in total. The molecule has 0 saturated carbocycles. The van der Waals surface area contributed by atoms with Crippen molar-refractivity contribution in [1.82, 2.24) is 15.2 Å². The number of amides is 2. The molecule has 10 heteroatoms. The molecule has 1 aromatic heterocycles. The van der Waals surface area contributed by atoms with E-state index in [1.807, 2.05) is 0 Å². The van der Waals surface area contributed by atoms with E-state index in [2.05, 4.69) is 20.5 Å². The number of likely N-dealkylation sites (tertiary alicyclic amines) is 1. The molecule has 0 bridgehead atoms. The van der Waals surface area contributed by atoms with Crippen LogP contribution in [-0.4, -0.2) is 47.9 Å². The molecule has 2 heterocycles. The number of piperidine rings is 1. The molecule has 29 heavy (non-hydrogen) atoms. The van der Waals surface area contributed by atoms with Gasteiger partial charge < -0.3 is 10.2 Å². The van der Waals surface area contributed by atoms with E-state index < -0.39 is 17.6 Å². The molecular formula is C19H21F3N4O2S. The Hall–Kier alpha value is -2.46. The van der Waals surface area contributed by atoms with E-state index in [-0.39, 0.29) is 22.3 Å². The van der Waals surface area contributed by atoms with Crippen LogP contribution in [0.15, 0.2) is 29.6 Å². The highest BCUT2D eigenvalue weighted by Crippen LogP contribution is 2.29. The molecule has 1 aromatic carbocycles. The molecule has 2 N–H and O–H groups in total. The van der Waals surface area contributed by atoms with Crippen LogP contribution in [0.4, 0.5) is 18.3 Å². The number of nitrogens with zero attached hydrogens (tertiary/aromatic N) is 2. The molecule has 0 spiro atoms. The molecule has 2 aromatic rings. The average molecular weight is 426 g/mol. The average Bonchev–Trinajstić information content (AvgIpc) is 3.17. The maximum Gasteiger partial charge on any atom is 0.416 e. The van der Waals surface area contributed by atoms with Crippen molar-refractivity contribution < 1.29 is 22.8 Å². The maximum absolute atomic E-state index is 12.8. The SMILES string of the molecule is O=C(Nc1nc(C(=O)NCCN2CCCCC2)cs1)c1cccc(C(F)(F)F)c1. The normalized spacial score (nSPS) is 15.1. The molecule has 156 valence electrons. The van der Waals surface area contributed by atoms with Crippen molar-refractivity contribution in [1.29, 1.82) is 0 Å². The van der Waals surface area contributed by atoms with Crippen LogP contribution in [0, 0.1) is 0 Å². The van der Waals surface area contributed by atoms with E-state index in [4.69, 9.17) is 0 Å². The standard InChI is InChI=1S/C19H21F3N4O2S/c20-19(21,22)14-6-4-5-13(11-14)16(27)25-18-24-15(12-29-18)17(28)23-7-10-26-8-2-1-3-9-26/h4-6,11-12H,1-3,7-10H2,(H,23,28)(H,24,25,27). The van der Waals surface area contributed by atoms with E-state index in [9.17, 15) is 22.8 Å². The number of hydrogen-bond acceptors (Lipinski definition) is 5. The molecule has 3 rings (SSSR count). The van der Waals surface area contributed by atoms with Gasteiger partial charge in [-0.1, -0.05) is 12.5 Å². The quantitative estimate of drug-likeness (QED) is 0.740. The van der Waals surface area contributed by atoms with Crippen molar-refractivity contribution in [2.24, 2.45) is 0 Å². The van der Waals surface area contributed by atoms with Crippen LogP contribution >= 0.6 is 11.3 Å². The van der Waals surface area contributed by atoms with E-state index in [0.29, 0.717) is 6.54 Å². The number of halogens is 3. The first-order valence-electron chi connectivity index (χ1n) is 9.27. The summed E-state index contributed by atoms with van der Waals surface area (Å²) < 4.78 is 38.3. The van der Waals surface area contributed by atoms with Gasteiger partial charge in [0.25, 0.3) is 11.8 Å².